The highest BCUT2D eigenvalue weighted by Crippen LogP contribution is 2.30. The van der Waals surface area contributed by atoms with Gasteiger partial charge in [-0.05, 0) is 63.8 Å². The van der Waals surface area contributed by atoms with Crippen molar-refractivity contribution in [3.63, 3.8) is 0 Å². The van der Waals surface area contributed by atoms with Crippen LogP contribution < -0.4 is 10.2 Å². The molecule has 0 radical (unpaired) electrons. The number of hydrogen-bond acceptors (Lipinski definition) is 3. The van der Waals surface area contributed by atoms with Crippen molar-refractivity contribution in [2.45, 2.75) is 58.0 Å². The van der Waals surface area contributed by atoms with Crippen molar-refractivity contribution in [3.05, 3.63) is 23.8 Å². The van der Waals surface area contributed by atoms with Gasteiger partial charge in [-0.15, -0.1) is 0 Å². The Hall–Kier alpha value is -1.75. The van der Waals surface area contributed by atoms with Gasteiger partial charge in [0.2, 0.25) is 0 Å². The third-order valence-electron chi connectivity index (χ3n) is 6.47. The Bertz CT molecular complexity index is 649. The number of hydrogen-bond donors (Lipinski definition) is 1. The summed E-state index contributed by atoms with van der Waals surface area (Å²) in [6.07, 6.45) is 6.47. The molecule has 1 atom stereocenters. The smallest absolute Gasteiger partial charge is 0.321 e. The van der Waals surface area contributed by atoms with Crippen LogP contribution in [0.3, 0.4) is 0 Å². The van der Waals surface area contributed by atoms with E-state index < -0.39 is 0 Å². The molecule has 4 rings (SSSR count). The van der Waals surface area contributed by atoms with E-state index in [-0.39, 0.29) is 6.03 Å². The molecule has 3 aliphatic heterocycles. The molecule has 0 spiro atoms. The number of amides is 2. The van der Waals surface area contributed by atoms with Crippen molar-refractivity contribution in [1.82, 2.24) is 9.80 Å². The van der Waals surface area contributed by atoms with Crippen molar-refractivity contribution in [3.8, 4) is 0 Å². The molecule has 0 saturated carbocycles. The predicted octanol–water partition coefficient (Wildman–Crippen LogP) is 3.69. The van der Waals surface area contributed by atoms with Gasteiger partial charge < -0.3 is 15.1 Å². The maximum atomic E-state index is 12.7. The van der Waals surface area contributed by atoms with Crippen molar-refractivity contribution in [1.29, 1.82) is 0 Å². The zero-order valence-corrected chi connectivity index (χ0v) is 16.2. The summed E-state index contributed by atoms with van der Waals surface area (Å²) >= 11 is 0. The van der Waals surface area contributed by atoms with Gasteiger partial charge in [-0.3, -0.25) is 4.90 Å². The number of nitrogens with one attached hydrogen (secondary N) is 1. The number of likely N-dealkylation sites (tertiary alicyclic amines) is 2. The van der Waals surface area contributed by atoms with Crippen LogP contribution in [-0.2, 0) is 0 Å². The molecule has 1 N–H and O–H groups in total. The minimum Gasteiger partial charge on any atom is -0.371 e. The summed E-state index contributed by atoms with van der Waals surface area (Å²) in [6.45, 7) is 9.62. The summed E-state index contributed by atoms with van der Waals surface area (Å²) < 4.78 is 0. The van der Waals surface area contributed by atoms with Crippen molar-refractivity contribution in [2.75, 3.05) is 42.9 Å². The van der Waals surface area contributed by atoms with E-state index >= 15 is 0 Å². The van der Waals surface area contributed by atoms with E-state index in [1.807, 2.05) is 11.0 Å². The van der Waals surface area contributed by atoms with Crippen LogP contribution in [0, 0.1) is 6.92 Å². The summed E-state index contributed by atoms with van der Waals surface area (Å²) in [5.74, 6) is 0. The van der Waals surface area contributed by atoms with Gasteiger partial charge in [0.25, 0.3) is 0 Å². The molecular weight excluding hydrogens is 324 g/mol. The van der Waals surface area contributed by atoms with E-state index in [9.17, 15) is 4.79 Å². The fraction of sp³-hybridized carbons (Fsp3) is 0.667. The highest BCUT2D eigenvalue weighted by atomic mass is 16.2. The van der Waals surface area contributed by atoms with Crippen LogP contribution in [0.25, 0.3) is 0 Å². The molecule has 0 aromatic heterocycles. The standard InChI is InChI=1S/C21H32N4O/c1-16-8-3-4-13-25(16)18-14-24(15-18)21(26)22-19-9-7-10-20(17(19)2)23-11-5-6-12-23/h7,9-10,16,18H,3-6,8,11-15H2,1-2H3,(H,22,26)/t16-/m1/s1. The van der Waals surface area contributed by atoms with Crippen LogP contribution in [-0.4, -0.2) is 60.6 Å². The van der Waals surface area contributed by atoms with E-state index in [0.29, 0.717) is 12.1 Å². The Morgan fingerprint density at radius 3 is 2.54 bits per heavy atom. The topological polar surface area (TPSA) is 38.8 Å². The van der Waals surface area contributed by atoms with Crippen molar-refractivity contribution < 1.29 is 4.79 Å². The Kier molecular flexibility index (Phi) is 5.07. The Morgan fingerprint density at radius 1 is 1.08 bits per heavy atom. The Labute approximate surface area is 157 Å². The monoisotopic (exact) mass is 356 g/mol. The molecule has 0 aliphatic carbocycles. The van der Waals surface area contributed by atoms with Crippen LogP contribution in [0.2, 0.25) is 0 Å². The zero-order valence-electron chi connectivity index (χ0n) is 16.2. The summed E-state index contributed by atoms with van der Waals surface area (Å²) in [5, 5.41) is 3.15. The minimum absolute atomic E-state index is 0.0487. The molecule has 3 saturated heterocycles. The van der Waals surface area contributed by atoms with Crippen LogP contribution >= 0.6 is 0 Å². The lowest BCUT2D eigenvalue weighted by atomic mass is 9.98. The van der Waals surface area contributed by atoms with E-state index in [4.69, 9.17) is 0 Å². The lowest BCUT2D eigenvalue weighted by Gasteiger charge is -2.49. The average Bonchev–Trinajstić information content (AvgIpc) is 3.11. The number of carbonyl (C=O) groups is 1. The Morgan fingerprint density at radius 2 is 1.81 bits per heavy atom. The molecule has 3 heterocycles. The zero-order chi connectivity index (χ0) is 18.1. The van der Waals surface area contributed by atoms with Gasteiger partial charge in [-0.2, -0.15) is 0 Å². The first-order chi connectivity index (χ1) is 12.6. The third kappa shape index (κ3) is 3.41. The highest BCUT2D eigenvalue weighted by Gasteiger charge is 2.37. The number of carbonyl (C=O) groups excluding carboxylic acids is 1. The molecule has 2 amide bonds. The first kappa shape index (κ1) is 17.7. The van der Waals surface area contributed by atoms with Gasteiger partial charge in [-0.1, -0.05) is 12.5 Å². The largest absolute Gasteiger partial charge is 0.371 e. The number of nitrogens with zero attached hydrogens (tertiary/aromatic N) is 3. The molecule has 1 aromatic rings. The van der Waals surface area contributed by atoms with Crippen LogP contribution in [0.4, 0.5) is 16.2 Å². The normalized spacial score (nSPS) is 24.6. The van der Waals surface area contributed by atoms with E-state index in [0.717, 1.165) is 31.9 Å². The van der Waals surface area contributed by atoms with E-state index in [2.05, 4.69) is 41.1 Å². The van der Waals surface area contributed by atoms with Gasteiger partial charge in [-0.25, -0.2) is 4.79 Å². The van der Waals surface area contributed by atoms with Crippen molar-refractivity contribution in [2.24, 2.45) is 0 Å². The number of urea groups is 1. The molecule has 142 valence electrons. The molecule has 5 heteroatoms. The van der Waals surface area contributed by atoms with Gasteiger partial charge in [0.1, 0.15) is 0 Å². The predicted molar refractivity (Wildman–Crippen MR) is 107 cm³/mol. The number of anilines is 2. The van der Waals surface area contributed by atoms with E-state index in [1.54, 1.807) is 0 Å². The van der Waals surface area contributed by atoms with Gasteiger partial charge >= 0.3 is 6.03 Å². The quantitative estimate of drug-likeness (QED) is 0.898. The van der Waals surface area contributed by atoms with Crippen LogP contribution in [0.5, 0.6) is 0 Å². The SMILES string of the molecule is Cc1c(NC(=O)N2CC(N3CCCC[C@H]3C)C2)cccc1N1CCCC1. The van der Waals surface area contributed by atoms with Gasteiger partial charge in [0, 0.05) is 49.6 Å². The lowest BCUT2D eigenvalue weighted by molar-refractivity contribution is 0.0199. The summed E-state index contributed by atoms with van der Waals surface area (Å²) in [4.78, 5) is 19.7. The molecule has 3 aliphatic rings. The fourth-order valence-electron chi connectivity index (χ4n) is 4.75. The molecule has 0 bridgehead atoms. The third-order valence-corrected chi connectivity index (χ3v) is 6.47. The molecule has 1 aromatic carbocycles. The molecule has 3 fully saturated rings. The number of rotatable bonds is 3. The number of benzene rings is 1. The fourth-order valence-corrected chi connectivity index (χ4v) is 4.75. The minimum atomic E-state index is 0.0487. The second kappa shape index (κ2) is 7.47. The second-order valence-electron chi connectivity index (χ2n) is 8.22. The van der Waals surface area contributed by atoms with Crippen LogP contribution in [0.15, 0.2) is 18.2 Å². The molecule has 5 nitrogen and oxygen atoms in total. The Balaban J connectivity index is 1.35. The summed E-state index contributed by atoms with van der Waals surface area (Å²) in [5.41, 5.74) is 3.41. The first-order valence-corrected chi connectivity index (χ1v) is 10.3. The van der Waals surface area contributed by atoms with Crippen molar-refractivity contribution >= 4 is 17.4 Å². The summed E-state index contributed by atoms with van der Waals surface area (Å²) in [7, 11) is 0. The maximum Gasteiger partial charge on any atom is 0.321 e. The second-order valence-corrected chi connectivity index (χ2v) is 8.22. The lowest BCUT2D eigenvalue weighted by Crippen LogP contribution is -2.64. The molecule has 0 unspecified atom stereocenters. The molecular formula is C21H32N4O. The van der Waals surface area contributed by atoms with E-state index in [1.165, 1.54) is 49.9 Å². The van der Waals surface area contributed by atoms with Gasteiger partial charge in [0.05, 0.1) is 0 Å². The summed E-state index contributed by atoms with van der Waals surface area (Å²) in [6, 6.07) is 7.52. The number of piperidine rings is 1. The maximum absolute atomic E-state index is 12.7. The van der Waals surface area contributed by atoms with Gasteiger partial charge in [0.15, 0.2) is 0 Å². The molecule has 26 heavy (non-hydrogen) atoms. The first-order valence-electron chi connectivity index (χ1n) is 10.3. The van der Waals surface area contributed by atoms with Crippen LogP contribution in [0.1, 0.15) is 44.6 Å². The average molecular weight is 357 g/mol. The highest BCUT2D eigenvalue weighted by molar-refractivity contribution is 5.91.